The Labute approximate surface area is 117 Å². The highest BCUT2D eigenvalue weighted by atomic mass is 16.5. The number of hydrogen-bond acceptors (Lipinski definition) is 4. The largest absolute Gasteiger partial charge is 0.494 e. The Morgan fingerprint density at radius 2 is 2.10 bits per heavy atom. The van der Waals surface area contributed by atoms with Gasteiger partial charge in [-0.2, -0.15) is 10.4 Å². The quantitative estimate of drug-likeness (QED) is 0.777. The molecule has 0 unspecified atom stereocenters. The molecule has 1 aromatic heterocycles. The zero-order valence-electron chi connectivity index (χ0n) is 11.2. The van der Waals surface area contributed by atoms with Crippen molar-refractivity contribution in [3.8, 4) is 11.8 Å². The van der Waals surface area contributed by atoms with Gasteiger partial charge in [-0.05, 0) is 36.8 Å². The molecule has 1 heterocycles. The number of ether oxygens (including phenoxy) is 1. The summed E-state index contributed by atoms with van der Waals surface area (Å²) in [5.74, 6) is 0.716. The second kappa shape index (κ2) is 6.53. The van der Waals surface area contributed by atoms with Crippen LogP contribution in [0.4, 0.5) is 0 Å². The molecule has 1 aromatic carbocycles. The molecule has 0 aliphatic rings. The van der Waals surface area contributed by atoms with Crippen molar-refractivity contribution >= 4 is 0 Å². The molecule has 0 saturated heterocycles. The fraction of sp³-hybridized carbons (Fsp3) is 0.267. The summed E-state index contributed by atoms with van der Waals surface area (Å²) in [4.78, 5) is 11.6. The molecule has 0 aliphatic heterocycles. The average molecular weight is 269 g/mol. The van der Waals surface area contributed by atoms with E-state index >= 15 is 0 Å². The molecule has 20 heavy (non-hydrogen) atoms. The third-order valence-corrected chi connectivity index (χ3v) is 2.77. The summed E-state index contributed by atoms with van der Waals surface area (Å²) in [7, 11) is 0. The summed E-state index contributed by atoms with van der Waals surface area (Å²) in [5.41, 5.74) is 1.37. The van der Waals surface area contributed by atoms with Gasteiger partial charge in [0.2, 0.25) is 0 Å². The summed E-state index contributed by atoms with van der Waals surface area (Å²) in [6.07, 6.45) is 2.36. The minimum atomic E-state index is -0.0941. The summed E-state index contributed by atoms with van der Waals surface area (Å²) < 4.78 is 6.96. The summed E-state index contributed by atoms with van der Waals surface area (Å²) >= 11 is 0. The molecule has 0 amide bonds. The Balaban J connectivity index is 1.81. The highest BCUT2D eigenvalue weighted by Crippen LogP contribution is 2.11. The van der Waals surface area contributed by atoms with Crippen LogP contribution in [0.2, 0.25) is 0 Å². The minimum absolute atomic E-state index is 0.0941. The van der Waals surface area contributed by atoms with Crippen molar-refractivity contribution in [2.24, 2.45) is 0 Å². The van der Waals surface area contributed by atoms with Crippen molar-refractivity contribution in [1.82, 2.24) is 9.78 Å². The lowest BCUT2D eigenvalue weighted by Gasteiger charge is -2.07. The molecule has 0 atom stereocenters. The lowest BCUT2D eigenvalue weighted by atomic mass is 10.2. The Hall–Kier alpha value is -2.61. The third kappa shape index (κ3) is 3.69. The summed E-state index contributed by atoms with van der Waals surface area (Å²) in [6, 6.07) is 10.6. The number of aryl methyl sites for hydroxylation is 2. The third-order valence-electron chi connectivity index (χ3n) is 2.77. The molecule has 5 heteroatoms. The SMILES string of the molecule is Cc1cnn(CCCOc2ccc(C#N)cc2)c(=O)c1. The van der Waals surface area contributed by atoms with Gasteiger partial charge in [0, 0.05) is 19.0 Å². The summed E-state index contributed by atoms with van der Waals surface area (Å²) in [5, 5.41) is 12.7. The van der Waals surface area contributed by atoms with Crippen molar-refractivity contribution in [3.05, 3.63) is 58.0 Å². The zero-order valence-corrected chi connectivity index (χ0v) is 11.2. The second-order valence-corrected chi connectivity index (χ2v) is 4.43. The van der Waals surface area contributed by atoms with Crippen LogP contribution in [0.1, 0.15) is 17.5 Å². The van der Waals surface area contributed by atoms with Gasteiger partial charge in [-0.15, -0.1) is 0 Å². The highest BCUT2D eigenvalue weighted by Gasteiger charge is 1.99. The fourth-order valence-corrected chi connectivity index (χ4v) is 1.72. The number of nitriles is 1. The van der Waals surface area contributed by atoms with Crippen LogP contribution in [0.3, 0.4) is 0 Å². The molecule has 0 spiro atoms. The van der Waals surface area contributed by atoms with Crippen LogP contribution in [-0.4, -0.2) is 16.4 Å². The highest BCUT2D eigenvalue weighted by molar-refractivity contribution is 5.34. The maximum absolute atomic E-state index is 11.6. The van der Waals surface area contributed by atoms with Crippen molar-refractivity contribution in [1.29, 1.82) is 5.26 Å². The number of aromatic nitrogens is 2. The van der Waals surface area contributed by atoms with E-state index in [2.05, 4.69) is 11.2 Å². The van der Waals surface area contributed by atoms with E-state index in [9.17, 15) is 4.79 Å². The predicted octanol–water partition coefficient (Wildman–Crippen LogP) is 1.89. The topological polar surface area (TPSA) is 67.9 Å². The van der Waals surface area contributed by atoms with Crippen molar-refractivity contribution in [2.75, 3.05) is 6.61 Å². The maximum atomic E-state index is 11.6. The molecule has 2 rings (SSSR count). The van der Waals surface area contributed by atoms with Gasteiger partial charge in [0.25, 0.3) is 5.56 Å². The van der Waals surface area contributed by atoms with E-state index in [0.717, 1.165) is 5.56 Å². The van der Waals surface area contributed by atoms with E-state index in [1.807, 2.05) is 6.92 Å². The number of benzene rings is 1. The smallest absolute Gasteiger partial charge is 0.266 e. The Bertz CT molecular complexity index is 669. The summed E-state index contributed by atoms with van der Waals surface area (Å²) in [6.45, 7) is 2.86. The zero-order chi connectivity index (χ0) is 14.4. The van der Waals surface area contributed by atoms with Crippen LogP contribution in [0, 0.1) is 18.3 Å². The van der Waals surface area contributed by atoms with E-state index in [-0.39, 0.29) is 5.56 Å². The number of hydrogen-bond donors (Lipinski definition) is 0. The molecular weight excluding hydrogens is 254 g/mol. The van der Waals surface area contributed by atoms with Crippen LogP contribution < -0.4 is 10.3 Å². The lowest BCUT2D eigenvalue weighted by Crippen LogP contribution is -2.23. The first-order chi connectivity index (χ1) is 9.69. The van der Waals surface area contributed by atoms with Gasteiger partial charge >= 0.3 is 0 Å². The molecule has 2 aromatic rings. The molecule has 0 fully saturated rings. The van der Waals surface area contributed by atoms with E-state index in [1.165, 1.54) is 4.68 Å². The van der Waals surface area contributed by atoms with Gasteiger partial charge in [0.15, 0.2) is 0 Å². The van der Waals surface area contributed by atoms with Gasteiger partial charge in [-0.3, -0.25) is 4.79 Å². The molecule has 102 valence electrons. The molecule has 0 saturated carbocycles. The first kappa shape index (κ1) is 13.8. The van der Waals surface area contributed by atoms with Crippen LogP contribution in [0.15, 0.2) is 41.3 Å². The monoisotopic (exact) mass is 269 g/mol. The van der Waals surface area contributed by atoms with E-state index in [1.54, 1.807) is 36.5 Å². The standard InChI is InChI=1S/C15H15N3O2/c1-12-9-15(19)18(17-11-12)7-2-8-20-14-5-3-13(10-16)4-6-14/h3-6,9,11H,2,7-8H2,1H3. The number of rotatable bonds is 5. The average Bonchev–Trinajstić information content (AvgIpc) is 2.46. The Morgan fingerprint density at radius 3 is 2.75 bits per heavy atom. The first-order valence-electron chi connectivity index (χ1n) is 6.36. The van der Waals surface area contributed by atoms with Crippen LogP contribution in [0.5, 0.6) is 5.75 Å². The van der Waals surface area contributed by atoms with Crippen LogP contribution in [0.25, 0.3) is 0 Å². The van der Waals surface area contributed by atoms with E-state index < -0.39 is 0 Å². The van der Waals surface area contributed by atoms with Crippen LogP contribution >= 0.6 is 0 Å². The molecule has 0 N–H and O–H groups in total. The number of nitrogens with zero attached hydrogens (tertiary/aromatic N) is 3. The van der Waals surface area contributed by atoms with Gasteiger partial charge < -0.3 is 4.74 Å². The second-order valence-electron chi connectivity index (χ2n) is 4.43. The van der Waals surface area contributed by atoms with Gasteiger partial charge in [-0.1, -0.05) is 0 Å². The van der Waals surface area contributed by atoms with Gasteiger partial charge in [0.1, 0.15) is 5.75 Å². The van der Waals surface area contributed by atoms with Crippen LogP contribution in [-0.2, 0) is 6.54 Å². The molecular formula is C15H15N3O2. The normalized spacial score (nSPS) is 10.0. The predicted molar refractivity (Wildman–Crippen MR) is 74.5 cm³/mol. The van der Waals surface area contributed by atoms with E-state index in [0.29, 0.717) is 30.9 Å². The maximum Gasteiger partial charge on any atom is 0.266 e. The lowest BCUT2D eigenvalue weighted by molar-refractivity contribution is 0.297. The van der Waals surface area contributed by atoms with Crippen molar-refractivity contribution < 1.29 is 4.74 Å². The Kier molecular flexibility index (Phi) is 4.51. The molecule has 0 radical (unpaired) electrons. The minimum Gasteiger partial charge on any atom is -0.494 e. The van der Waals surface area contributed by atoms with Gasteiger partial charge in [0.05, 0.1) is 24.4 Å². The van der Waals surface area contributed by atoms with E-state index in [4.69, 9.17) is 10.00 Å². The van der Waals surface area contributed by atoms with Gasteiger partial charge in [-0.25, -0.2) is 4.68 Å². The Morgan fingerprint density at radius 1 is 1.35 bits per heavy atom. The first-order valence-corrected chi connectivity index (χ1v) is 6.36. The molecule has 0 bridgehead atoms. The van der Waals surface area contributed by atoms with Crippen molar-refractivity contribution in [3.63, 3.8) is 0 Å². The van der Waals surface area contributed by atoms with Crippen molar-refractivity contribution in [2.45, 2.75) is 19.9 Å². The molecule has 0 aliphatic carbocycles. The molecule has 5 nitrogen and oxygen atoms in total. The fourth-order valence-electron chi connectivity index (χ4n) is 1.72.